The summed E-state index contributed by atoms with van der Waals surface area (Å²) in [6.07, 6.45) is 18.7. The smallest absolute Gasteiger partial charge is 0.233 e. The van der Waals surface area contributed by atoms with Gasteiger partial charge in [0, 0.05) is 11.6 Å². The van der Waals surface area contributed by atoms with E-state index >= 15 is 0 Å². The highest BCUT2D eigenvalue weighted by molar-refractivity contribution is 6.06. The summed E-state index contributed by atoms with van der Waals surface area (Å²) < 4.78 is 13.5. The molecule has 0 bridgehead atoms. The van der Waals surface area contributed by atoms with Gasteiger partial charge in [-0.05, 0) is 159 Å². The largest absolute Gasteiger partial charge is 0.375 e. The van der Waals surface area contributed by atoms with Crippen molar-refractivity contribution in [3.8, 4) is 0 Å². The second kappa shape index (κ2) is 14.9. The van der Waals surface area contributed by atoms with Crippen molar-refractivity contribution in [1.29, 1.82) is 0 Å². The van der Waals surface area contributed by atoms with Gasteiger partial charge in [-0.3, -0.25) is 29.0 Å². The molecule has 0 aromatic rings. The number of rotatable bonds is 7. The van der Waals surface area contributed by atoms with Gasteiger partial charge >= 0.3 is 0 Å². The number of hydrogen-bond acceptors (Lipinski definition) is 6. The number of nitrogens with zero attached hydrogens (tertiary/aromatic N) is 2. The number of ether oxygens (including phenoxy) is 2. The average Bonchev–Trinajstić information content (AvgIpc) is 3.51. The van der Waals surface area contributed by atoms with Crippen molar-refractivity contribution in [2.75, 3.05) is 0 Å². The molecule has 0 N–H and O–H groups in total. The van der Waals surface area contributed by atoms with E-state index < -0.39 is 5.54 Å². The highest BCUT2D eigenvalue weighted by Crippen LogP contribution is 2.51. The van der Waals surface area contributed by atoms with Crippen LogP contribution in [0.25, 0.3) is 0 Å². The summed E-state index contributed by atoms with van der Waals surface area (Å²) in [5.74, 6) is 1.47. The second-order valence-electron chi connectivity index (χ2n) is 21.4. The van der Waals surface area contributed by atoms with Gasteiger partial charge in [-0.15, -0.1) is 0 Å². The molecule has 7 aliphatic rings. The Morgan fingerprint density at radius 2 is 0.887 bits per heavy atom. The summed E-state index contributed by atoms with van der Waals surface area (Å²) in [7, 11) is 0. The lowest BCUT2D eigenvalue weighted by molar-refractivity contribution is -0.146. The van der Waals surface area contributed by atoms with E-state index in [1.807, 2.05) is 20.8 Å². The van der Waals surface area contributed by atoms with E-state index in [1.54, 1.807) is 4.90 Å². The Morgan fingerprint density at radius 1 is 0.453 bits per heavy atom. The van der Waals surface area contributed by atoms with E-state index in [0.29, 0.717) is 30.6 Å². The Hall–Kier alpha value is -1.80. The van der Waals surface area contributed by atoms with Gasteiger partial charge in [0.25, 0.3) is 0 Å². The molecular formula is C45H72N2O6. The number of imide groups is 2. The van der Waals surface area contributed by atoms with Crippen LogP contribution in [0.15, 0.2) is 0 Å². The lowest BCUT2D eigenvalue weighted by Gasteiger charge is -2.47. The summed E-state index contributed by atoms with van der Waals surface area (Å²) in [5, 5.41) is 0. The Labute approximate surface area is 320 Å². The summed E-state index contributed by atoms with van der Waals surface area (Å²) in [5.41, 5.74) is 0.00839. The normalized spacial score (nSPS) is 40.5. The molecule has 8 unspecified atom stereocenters. The van der Waals surface area contributed by atoms with Gasteiger partial charge < -0.3 is 9.47 Å². The summed E-state index contributed by atoms with van der Waals surface area (Å²) in [4.78, 5) is 56.9. The van der Waals surface area contributed by atoms with E-state index in [9.17, 15) is 19.2 Å². The molecule has 0 spiro atoms. The number of likely N-dealkylation sites (tertiary alicyclic amines) is 2. The van der Waals surface area contributed by atoms with Gasteiger partial charge in [-0.1, -0.05) is 41.0 Å². The van der Waals surface area contributed by atoms with E-state index in [0.717, 1.165) is 70.6 Å². The predicted octanol–water partition coefficient (Wildman–Crippen LogP) is 8.87. The molecule has 8 nitrogen and oxygen atoms in total. The van der Waals surface area contributed by atoms with Crippen LogP contribution >= 0.6 is 0 Å². The third kappa shape index (κ3) is 7.81. The highest BCUT2D eigenvalue weighted by Gasteiger charge is 2.55. The van der Waals surface area contributed by atoms with Crippen LogP contribution in [-0.2, 0) is 28.7 Å². The van der Waals surface area contributed by atoms with E-state index in [1.165, 1.54) is 37.0 Å². The molecule has 0 aromatic carbocycles. The highest BCUT2D eigenvalue weighted by atomic mass is 16.5. The first kappa shape index (κ1) is 39.4. The standard InChI is InChI=1S/C45H72N2O6/c1-43(2,3)29-10-9-11-30(24-29)46-39(48)35-22-20-33(25-37(35)40(46)49)52-31-16-12-27(13-17-31)45(7,8)28-14-18-32(19-15-28)53-34-21-23-36-38(26-34)42(51)47(41(36)50)44(4,5)6/h27-38H,9-26H2,1-8H3. The minimum absolute atomic E-state index is 0.00904. The fourth-order valence-corrected chi connectivity index (χ4v) is 12.5. The molecule has 2 aliphatic heterocycles. The van der Waals surface area contributed by atoms with Crippen molar-refractivity contribution in [2.24, 2.45) is 52.3 Å². The molecule has 7 fully saturated rings. The molecule has 8 atom stereocenters. The minimum Gasteiger partial charge on any atom is -0.375 e. The third-order valence-corrected chi connectivity index (χ3v) is 15.9. The van der Waals surface area contributed by atoms with Crippen LogP contribution in [-0.4, -0.2) is 69.4 Å². The number of amides is 4. The van der Waals surface area contributed by atoms with Crippen LogP contribution in [0.5, 0.6) is 0 Å². The van der Waals surface area contributed by atoms with Crippen LogP contribution < -0.4 is 0 Å². The Bertz CT molecular complexity index is 1380. The average molecular weight is 737 g/mol. The monoisotopic (exact) mass is 737 g/mol. The molecule has 53 heavy (non-hydrogen) atoms. The predicted molar refractivity (Wildman–Crippen MR) is 205 cm³/mol. The first-order valence-corrected chi connectivity index (χ1v) is 22.0. The van der Waals surface area contributed by atoms with Crippen LogP contribution in [0.4, 0.5) is 0 Å². The van der Waals surface area contributed by atoms with Crippen molar-refractivity contribution in [3.63, 3.8) is 0 Å². The van der Waals surface area contributed by atoms with Crippen LogP contribution in [0.3, 0.4) is 0 Å². The van der Waals surface area contributed by atoms with E-state index in [4.69, 9.17) is 9.47 Å². The summed E-state index contributed by atoms with van der Waals surface area (Å²) >= 11 is 0. The van der Waals surface area contributed by atoms with Crippen LogP contribution in [0.2, 0.25) is 0 Å². The zero-order valence-corrected chi connectivity index (χ0v) is 34.5. The zero-order chi connectivity index (χ0) is 38.0. The molecule has 7 rings (SSSR count). The maximum absolute atomic E-state index is 13.8. The van der Waals surface area contributed by atoms with Gasteiger partial charge in [0.05, 0.1) is 48.1 Å². The quantitative estimate of drug-likeness (QED) is 0.243. The van der Waals surface area contributed by atoms with Gasteiger partial charge in [-0.25, -0.2) is 0 Å². The van der Waals surface area contributed by atoms with Crippen LogP contribution in [0, 0.1) is 52.3 Å². The van der Waals surface area contributed by atoms with Gasteiger partial charge in [-0.2, -0.15) is 0 Å². The molecule has 5 saturated carbocycles. The number of carbonyl (C=O) groups is 4. The zero-order valence-electron chi connectivity index (χ0n) is 34.5. The molecule has 2 saturated heterocycles. The number of fused-ring (bicyclic) bond motifs is 2. The summed E-state index contributed by atoms with van der Waals surface area (Å²) in [6, 6.07) is 0.0797. The van der Waals surface area contributed by atoms with Crippen molar-refractivity contribution in [3.05, 3.63) is 0 Å². The van der Waals surface area contributed by atoms with Crippen molar-refractivity contribution < 1.29 is 28.7 Å². The molecule has 8 heteroatoms. The van der Waals surface area contributed by atoms with Gasteiger partial charge in [0.15, 0.2) is 0 Å². The fourth-order valence-electron chi connectivity index (χ4n) is 12.5. The molecule has 0 radical (unpaired) electrons. The molecule has 298 valence electrons. The Balaban J connectivity index is 0.844. The Morgan fingerprint density at radius 3 is 1.38 bits per heavy atom. The molecule has 0 aromatic heterocycles. The van der Waals surface area contributed by atoms with Crippen molar-refractivity contribution in [2.45, 2.75) is 207 Å². The topological polar surface area (TPSA) is 93.2 Å². The van der Waals surface area contributed by atoms with E-state index in [-0.39, 0.29) is 88.6 Å². The first-order chi connectivity index (χ1) is 24.9. The lowest BCUT2D eigenvalue weighted by atomic mass is 9.60. The second-order valence-corrected chi connectivity index (χ2v) is 21.4. The maximum Gasteiger partial charge on any atom is 0.233 e. The van der Waals surface area contributed by atoms with Gasteiger partial charge in [0.1, 0.15) is 0 Å². The molecule has 2 heterocycles. The molecule has 4 amide bonds. The SMILES string of the molecule is CC(C)(C)C1CCCC(N2C(=O)C3CCC(OC4CCC(C(C)(C)C5CCC(OC6CCC7C(=O)N(C(C)(C)C)C(=O)C7C6)CC5)CC4)CC3C2=O)C1. The van der Waals surface area contributed by atoms with Crippen LogP contribution in [0.1, 0.15) is 171 Å². The van der Waals surface area contributed by atoms with Crippen molar-refractivity contribution in [1.82, 2.24) is 9.80 Å². The van der Waals surface area contributed by atoms with Gasteiger partial charge in [0.2, 0.25) is 23.6 Å². The number of hydrogen-bond donors (Lipinski definition) is 0. The third-order valence-electron chi connectivity index (χ3n) is 15.9. The molecular weight excluding hydrogens is 665 g/mol. The molecule has 5 aliphatic carbocycles. The first-order valence-electron chi connectivity index (χ1n) is 22.0. The van der Waals surface area contributed by atoms with E-state index in [2.05, 4.69) is 34.6 Å². The minimum atomic E-state index is -0.466. The number of carbonyl (C=O) groups excluding carboxylic acids is 4. The maximum atomic E-state index is 13.8. The summed E-state index contributed by atoms with van der Waals surface area (Å²) in [6.45, 7) is 17.8. The van der Waals surface area contributed by atoms with Crippen molar-refractivity contribution >= 4 is 23.6 Å². The Kier molecular flexibility index (Phi) is 11.1. The lowest BCUT2D eigenvalue weighted by Crippen LogP contribution is -2.46. The fraction of sp³-hybridized carbons (Fsp3) is 0.911.